The van der Waals surface area contributed by atoms with E-state index in [1.807, 2.05) is 24.5 Å². The summed E-state index contributed by atoms with van der Waals surface area (Å²) in [7, 11) is 0. The van der Waals surface area contributed by atoms with Crippen LogP contribution in [0, 0.1) is 13.8 Å². The first-order valence-corrected chi connectivity index (χ1v) is 6.57. The Morgan fingerprint density at radius 3 is 2.19 bits per heavy atom. The minimum Gasteiger partial charge on any atom is -0.329 e. The van der Waals surface area contributed by atoms with Gasteiger partial charge in [-0.25, -0.2) is 0 Å². The summed E-state index contributed by atoms with van der Waals surface area (Å²) in [6, 6.07) is 6.72. The molecule has 1 atom stereocenters. The Morgan fingerprint density at radius 2 is 1.71 bits per heavy atom. The maximum Gasteiger partial charge on any atom is 0.416 e. The van der Waals surface area contributed by atoms with Crippen LogP contribution >= 0.6 is 0 Å². The molecule has 0 spiro atoms. The maximum absolute atomic E-state index is 12.6. The van der Waals surface area contributed by atoms with Crippen LogP contribution in [0.15, 0.2) is 30.3 Å². The van der Waals surface area contributed by atoms with E-state index in [1.165, 1.54) is 12.1 Å². The lowest BCUT2D eigenvalue weighted by Gasteiger charge is -2.13. The molecule has 1 unspecified atom stereocenters. The minimum absolute atomic E-state index is 0.278. The lowest BCUT2D eigenvalue weighted by atomic mass is 10.1. The van der Waals surface area contributed by atoms with Crippen molar-refractivity contribution in [1.29, 1.82) is 0 Å². The van der Waals surface area contributed by atoms with Crippen molar-refractivity contribution >= 4 is 0 Å². The van der Waals surface area contributed by atoms with Crippen molar-refractivity contribution in [1.82, 2.24) is 4.57 Å². The Kier molecular flexibility index (Phi) is 4.11. The zero-order valence-electron chi connectivity index (χ0n) is 11.9. The van der Waals surface area contributed by atoms with E-state index in [9.17, 15) is 13.2 Å². The lowest BCUT2D eigenvalue weighted by Crippen LogP contribution is -2.21. The Hall–Kier alpha value is -1.79. The summed E-state index contributed by atoms with van der Waals surface area (Å²) in [6.45, 7) is 4.09. The van der Waals surface area contributed by atoms with Crippen LogP contribution in [-0.4, -0.2) is 11.1 Å². The molecule has 1 aromatic carbocycles. The second-order valence-electron chi connectivity index (χ2n) is 5.05. The van der Waals surface area contributed by atoms with Crippen molar-refractivity contribution in [3.63, 3.8) is 0 Å². The van der Waals surface area contributed by atoms with Gasteiger partial charge in [0.2, 0.25) is 0 Å². The van der Waals surface area contributed by atoms with Gasteiger partial charge in [-0.1, -0.05) is 0 Å². The molecule has 2 rings (SSSR count). The van der Waals surface area contributed by atoms with E-state index in [1.54, 1.807) is 0 Å². The average molecular weight is 297 g/mol. The smallest absolute Gasteiger partial charge is 0.329 e. The summed E-state index contributed by atoms with van der Waals surface area (Å²) in [5.41, 5.74) is 14.3. The van der Waals surface area contributed by atoms with Crippen molar-refractivity contribution in [3.05, 3.63) is 52.8 Å². The quantitative estimate of drug-likeness (QED) is 0.914. The van der Waals surface area contributed by atoms with Gasteiger partial charge in [-0.15, -0.1) is 0 Å². The molecule has 0 saturated carbocycles. The van der Waals surface area contributed by atoms with E-state index in [0.29, 0.717) is 12.2 Å². The third kappa shape index (κ3) is 2.96. The second kappa shape index (κ2) is 5.54. The molecular weight excluding hydrogens is 279 g/mol. The first-order valence-electron chi connectivity index (χ1n) is 6.57. The van der Waals surface area contributed by atoms with Crippen LogP contribution in [0.4, 0.5) is 13.2 Å². The number of benzene rings is 1. The fourth-order valence-electron chi connectivity index (χ4n) is 2.49. The predicted molar refractivity (Wildman–Crippen MR) is 76.2 cm³/mol. The fourth-order valence-corrected chi connectivity index (χ4v) is 2.49. The highest BCUT2D eigenvalue weighted by molar-refractivity contribution is 5.43. The van der Waals surface area contributed by atoms with Crippen molar-refractivity contribution in [3.8, 4) is 5.69 Å². The molecule has 0 saturated heterocycles. The van der Waals surface area contributed by atoms with Crippen LogP contribution in [0.1, 0.15) is 28.6 Å². The van der Waals surface area contributed by atoms with Gasteiger partial charge in [0.25, 0.3) is 0 Å². The zero-order chi connectivity index (χ0) is 15.8. The SMILES string of the molecule is Cc1cc(C(N)CN)c(C)n1-c1ccc(C(F)(F)F)cc1. The zero-order valence-corrected chi connectivity index (χ0v) is 11.9. The molecule has 2 aromatic rings. The molecule has 3 nitrogen and oxygen atoms in total. The van der Waals surface area contributed by atoms with Crippen LogP contribution in [-0.2, 0) is 6.18 Å². The van der Waals surface area contributed by atoms with Crippen LogP contribution in [0.25, 0.3) is 5.69 Å². The monoisotopic (exact) mass is 297 g/mol. The normalized spacial score (nSPS) is 13.5. The first kappa shape index (κ1) is 15.6. The highest BCUT2D eigenvalue weighted by Gasteiger charge is 2.30. The summed E-state index contributed by atoms with van der Waals surface area (Å²) >= 11 is 0. The number of hydrogen-bond acceptors (Lipinski definition) is 2. The molecule has 0 radical (unpaired) electrons. The molecule has 6 heteroatoms. The van der Waals surface area contributed by atoms with Gasteiger partial charge < -0.3 is 16.0 Å². The van der Waals surface area contributed by atoms with E-state index in [2.05, 4.69) is 0 Å². The van der Waals surface area contributed by atoms with Crippen molar-refractivity contribution in [2.24, 2.45) is 11.5 Å². The van der Waals surface area contributed by atoms with E-state index < -0.39 is 11.7 Å². The Balaban J connectivity index is 2.45. The maximum atomic E-state index is 12.6. The lowest BCUT2D eigenvalue weighted by molar-refractivity contribution is -0.137. The van der Waals surface area contributed by atoms with Gasteiger partial charge in [0.1, 0.15) is 0 Å². The average Bonchev–Trinajstić information content (AvgIpc) is 2.72. The van der Waals surface area contributed by atoms with E-state index in [4.69, 9.17) is 11.5 Å². The topological polar surface area (TPSA) is 57.0 Å². The van der Waals surface area contributed by atoms with E-state index >= 15 is 0 Å². The van der Waals surface area contributed by atoms with Crippen molar-refractivity contribution in [2.75, 3.05) is 6.54 Å². The highest BCUT2D eigenvalue weighted by Crippen LogP contribution is 2.31. The molecule has 0 aliphatic heterocycles. The largest absolute Gasteiger partial charge is 0.416 e. The van der Waals surface area contributed by atoms with Crippen LogP contribution < -0.4 is 11.5 Å². The summed E-state index contributed by atoms with van der Waals surface area (Å²) in [5.74, 6) is 0. The van der Waals surface area contributed by atoms with Gasteiger partial charge in [-0.2, -0.15) is 13.2 Å². The highest BCUT2D eigenvalue weighted by atomic mass is 19.4. The standard InChI is InChI=1S/C15H18F3N3/c1-9-7-13(14(20)8-19)10(2)21(9)12-5-3-11(4-6-12)15(16,17)18/h3-7,14H,8,19-20H2,1-2H3. The van der Waals surface area contributed by atoms with E-state index in [0.717, 1.165) is 29.1 Å². The van der Waals surface area contributed by atoms with Crippen LogP contribution in [0.2, 0.25) is 0 Å². The molecule has 0 amide bonds. The van der Waals surface area contributed by atoms with Gasteiger partial charge in [0.05, 0.1) is 5.56 Å². The summed E-state index contributed by atoms with van der Waals surface area (Å²) < 4.78 is 39.7. The third-order valence-electron chi connectivity index (χ3n) is 3.58. The number of halogens is 3. The summed E-state index contributed by atoms with van der Waals surface area (Å²) in [4.78, 5) is 0. The van der Waals surface area contributed by atoms with Crippen molar-refractivity contribution < 1.29 is 13.2 Å². The summed E-state index contributed by atoms with van der Waals surface area (Å²) in [6.07, 6.45) is -4.33. The van der Waals surface area contributed by atoms with Gasteiger partial charge >= 0.3 is 6.18 Å². The molecule has 0 aliphatic rings. The predicted octanol–water partition coefficient (Wildman–Crippen LogP) is 3.07. The molecule has 0 fully saturated rings. The molecule has 4 N–H and O–H groups in total. The molecule has 1 heterocycles. The first-order chi connectivity index (χ1) is 9.75. The number of nitrogens with two attached hydrogens (primary N) is 2. The fraction of sp³-hybridized carbons (Fsp3) is 0.333. The third-order valence-corrected chi connectivity index (χ3v) is 3.58. The second-order valence-corrected chi connectivity index (χ2v) is 5.05. The van der Waals surface area contributed by atoms with Crippen LogP contribution in [0.3, 0.4) is 0 Å². The van der Waals surface area contributed by atoms with Crippen molar-refractivity contribution in [2.45, 2.75) is 26.1 Å². The Bertz CT molecular complexity index is 627. The molecular formula is C15H18F3N3. The number of hydrogen-bond donors (Lipinski definition) is 2. The molecule has 21 heavy (non-hydrogen) atoms. The summed E-state index contributed by atoms with van der Waals surface area (Å²) in [5, 5.41) is 0. The Labute approximate surface area is 121 Å². The molecule has 0 aliphatic carbocycles. The number of nitrogens with zero attached hydrogens (tertiary/aromatic N) is 1. The van der Waals surface area contributed by atoms with Gasteiger partial charge in [-0.3, -0.25) is 0 Å². The molecule has 0 bridgehead atoms. The molecule has 1 aromatic heterocycles. The van der Waals surface area contributed by atoms with Crippen LogP contribution in [0.5, 0.6) is 0 Å². The Morgan fingerprint density at radius 1 is 1.14 bits per heavy atom. The number of aromatic nitrogens is 1. The number of rotatable bonds is 3. The minimum atomic E-state index is -4.33. The number of alkyl halides is 3. The number of aryl methyl sites for hydroxylation is 1. The van der Waals surface area contributed by atoms with Gasteiger partial charge in [-0.05, 0) is 49.7 Å². The molecule has 114 valence electrons. The van der Waals surface area contributed by atoms with E-state index in [-0.39, 0.29) is 6.04 Å². The van der Waals surface area contributed by atoms with Gasteiger partial charge in [0.15, 0.2) is 0 Å². The van der Waals surface area contributed by atoms with Gasteiger partial charge in [0, 0.05) is 29.7 Å².